The Labute approximate surface area is 94.7 Å². The zero-order chi connectivity index (χ0) is 12.2. The molecule has 0 spiro atoms. The second-order valence-electron chi connectivity index (χ2n) is 3.28. The Bertz CT molecular complexity index is 440. The third-order valence-electron chi connectivity index (χ3n) is 1.92. The van der Waals surface area contributed by atoms with E-state index < -0.39 is 16.2 Å². The average molecular weight is 246 g/mol. The predicted octanol–water partition coefficient (Wildman–Crippen LogP) is 0.705. The summed E-state index contributed by atoms with van der Waals surface area (Å²) in [6.45, 7) is -0.300. The van der Waals surface area contributed by atoms with Crippen molar-refractivity contribution < 1.29 is 22.4 Å². The molecule has 0 unspecified atom stereocenters. The number of benzene rings is 1. The highest BCUT2D eigenvalue weighted by atomic mass is 32.2. The van der Waals surface area contributed by atoms with Crippen LogP contribution in [0.4, 0.5) is 0 Å². The molecule has 0 aliphatic carbocycles. The summed E-state index contributed by atoms with van der Waals surface area (Å²) in [6.07, 6.45) is -0.0597. The number of methoxy groups -OCH3 is 1. The van der Waals surface area contributed by atoms with E-state index in [1.807, 2.05) is 0 Å². The molecule has 1 atom stereocenters. The second-order valence-corrected chi connectivity index (χ2v) is 4.93. The number of hydrogen-bond acceptors (Lipinski definition) is 5. The Morgan fingerprint density at radius 3 is 2.69 bits per heavy atom. The third kappa shape index (κ3) is 4.18. The van der Waals surface area contributed by atoms with Crippen LogP contribution in [0.3, 0.4) is 0 Å². The number of hydrogen-bond donors (Lipinski definition) is 1. The lowest BCUT2D eigenvalue weighted by molar-refractivity contribution is 0.112. The molecule has 0 aromatic heterocycles. The quantitative estimate of drug-likeness (QED) is 0.774. The Morgan fingerprint density at radius 2 is 2.12 bits per heavy atom. The van der Waals surface area contributed by atoms with E-state index in [1.54, 1.807) is 24.3 Å². The van der Waals surface area contributed by atoms with Crippen LogP contribution in [0.2, 0.25) is 0 Å². The van der Waals surface area contributed by atoms with Crippen molar-refractivity contribution in [3.63, 3.8) is 0 Å². The van der Waals surface area contributed by atoms with Gasteiger partial charge in [-0.15, -0.1) is 0 Å². The van der Waals surface area contributed by atoms with E-state index >= 15 is 0 Å². The van der Waals surface area contributed by atoms with Crippen LogP contribution < -0.4 is 4.74 Å². The summed E-state index contributed by atoms with van der Waals surface area (Å²) < 4.78 is 30.9. The molecule has 1 N–H and O–H groups in total. The van der Waals surface area contributed by atoms with Gasteiger partial charge in [0.2, 0.25) is 0 Å². The lowest BCUT2D eigenvalue weighted by Gasteiger charge is -2.11. The smallest absolute Gasteiger partial charge is 0.264 e. The van der Waals surface area contributed by atoms with Gasteiger partial charge in [0.25, 0.3) is 10.1 Å². The monoisotopic (exact) mass is 246 g/mol. The van der Waals surface area contributed by atoms with Gasteiger partial charge < -0.3 is 9.84 Å². The minimum absolute atomic E-state index is 0.300. The van der Waals surface area contributed by atoms with E-state index in [0.717, 1.165) is 6.26 Å². The van der Waals surface area contributed by atoms with Gasteiger partial charge in [-0.2, -0.15) is 8.42 Å². The molecule has 90 valence electrons. The summed E-state index contributed by atoms with van der Waals surface area (Å²) >= 11 is 0. The first-order chi connectivity index (χ1) is 7.42. The number of aliphatic hydroxyl groups is 1. The van der Waals surface area contributed by atoms with Gasteiger partial charge in [-0.1, -0.05) is 12.1 Å². The van der Waals surface area contributed by atoms with Crippen molar-refractivity contribution >= 4 is 10.1 Å². The van der Waals surface area contributed by atoms with Crippen molar-refractivity contribution in [1.29, 1.82) is 0 Å². The molecule has 0 aliphatic rings. The van der Waals surface area contributed by atoms with Crippen molar-refractivity contribution in [3.8, 4) is 5.75 Å². The van der Waals surface area contributed by atoms with Gasteiger partial charge in [-0.25, -0.2) is 0 Å². The van der Waals surface area contributed by atoms with Crippen LogP contribution in [-0.4, -0.2) is 33.5 Å². The van der Waals surface area contributed by atoms with E-state index in [0.29, 0.717) is 11.3 Å². The molecular formula is C10H14O5S. The van der Waals surface area contributed by atoms with Crippen LogP contribution in [-0.2, 0) is 14.3 Å². The summed E-state index contributed by atoms with van der Waals surface area (Å²) in [5.41, 5.74) is 0.544. The fourth-order valence-corrected chi connectivity index (χ4v) is 1.51. The van der Waals surface area contributed by atoms with Crippen LogP contribution >= 0.6 is 0 Å². The normalized spacial score (nSPS) is 13.4. The largest absolute Gasteiger partial charge is 0.497 e. The Kier molecular flexibility index (Phi) is 4.28. The van der Waals surface area contributed by atoms with Crippen molar-refractivity contribution in [2.75, 3.05) is 20.0 Å². The van der Waals surface area contributed by atoms with Crippen molar-refractivity contribution in [1.82, 2.24) is 0 Å². The van der Waals surface area contributed by atoms with Gasteiger partial charge in [0.1, 0.15) is 11.9 Å². The molecule has 16 heavy (non-hydrogen) atoms. The molecule has 6 heteroatoms. The summed E-state index contributed by atoms with van der Waals surface area (Å²) in [4.78, 5) is 0. The third-order valence-corrected chi connectivity index (χ3v) is 2.48. The lowest BCUT2D eigenvalue weighted by atomic mass is 10.1. The van der Waals surface area contributed by atoms with Crippen molar-refractivity contribution in [2.45, 2.75) is 6.10 Å². The second kappa shape index (κ2) is 5.29. The maximum Gasteiger partial charge on any atom is 0.264 e. The minimum Gasteiger partial charge on any atom is -0.497 e. The zero-order valence-electron chi connectivity index (χ0n) is 9.08. The van der Waals surface area contributed by atoms with Gasteiger partial charge in [0.15, 0.2) is 0 Å². The molecule has 0 saturated carbocycles. The standard InChI is InChI=1S/C10H14O5S/c1-14-9-5-3-4-8(6-9)10(11)7-15-16(2,12)13/h3-6,10-11H,7H2,1-2H3/t10-/m0/s1. The van der Waals surface area contributed by atoms with Crippen LogP contribution in [0.25, 0.3) is 0 Å². The number of ether oxygens (including phenoxy) is 1. The summed E-state index contributed by atoms with van der Waals surface area (Å²) in [6, 6.07) is 6.72. The summed E-state index contributed by atoms with van der Waals surface area (Å²) in [7, 11) is -2.02. The van der Waals surface area contributed by atoms with E-state index in [2.05, 4.69) is 4.18 Å². The molecule has 0 amide bonds. The maximum atomic E-state index is 10.7. The average Bonchev–Trinajstić information content (AvgIpc) is 2.25. The van der Waals surface area contributed by atoms with E-state index in [1.165, 1.54) is 7.11 Å². The zero-order valence-corrected chi connectivity index (χ0v) is 9.90. The number of aliphatic hydroxyl groups excluding tert-OH is 1. The van der Waals surface area contributed by atoms with E-state index in [9.17, 15) is 13.5 Å². The Balaban J connectivity index is 2.69. The summed E-state index contributed by atoms with van der Waals surface area (Å²) in [5.74, 6) is 0.593. The first-order valence-electron chi connectivity index (χ1n) is 4.59. The van der Waals surface area contributed by atoms with Crippen molar-refractivity contribution in [2.24, 2.45) is 0 Å². The highest BCUT2D eigenvalue weighted by Crippen LogP contribution is 2.19. The number of rotatable bonds is 5. The Morgan fingerprint density at radius 1 is 1.44 bits per heavy atom. The Hall–Kier alpha value is -1.11. The first kappa shape index (κ1) is 13.0. The van der Waals surface area contributed by atoms with Crippen LogP contribution in [0.15, 0.2) is 24.3 Å². The van der Waals surface area contributed by atoms with E-state index in [4.69, 9.17) is 4.74 Å². The highest BCUT2D eigenvalue weighted by molar-refractivity contribution is 7.85. The molecule has 1 aromatic rings. The van der Waals surface area contributed by atoms with Gasteiger partial charge >= 0.3 is 0 Å². The maximum absolute atomic E-state index is 10.7. The molecule has 5 nitrogen and oxygen atoms in total. The van der Waals surface area contributed by atoms with Gasteiger partial charge in [0.05, 0.1) is 20.0 Å². The predicted molar refractivity (Wildman–Crippen MR) is 58.7 cm³/mol. The molecule has 0 bridgehead atoms. The fraction of sp³-hybridized carbons (Fsp3) is 0.400. The molecular weight excluding hydrogens is 232 g/mol. The SMILES string of the molecule is COc1cccc([C@@H](O)COS(C)(=O)=O)c1. The van der Waals surface area contributed by atoms with Crippen LogP contribution in [0.5, 0.6) is 5.75 Å². The van der Waals surface area contributed by atoms with E-state index in [-0.39, 0.29) is 6.61 Å². The van der Waals surface area contributed by atoms with Gasteiger partial charge in [0, 0.05) is 0 Å². The molecule has 0 heterocycles. The molecule has 0 aliphatic heterocycles. The van der Waals surface area contributed by atoms with Gasteiger partial charge in [-0.3, -0.25) is 4.18 Å². The van der Waals surface area contributed by atoms with Crippen molar-refractivity contribution in [3.05, 3.63) is 29.8 Å². The van der Waals surface area contributed by atoms with Crippen LogP contribution in [0, 0.1) is 0 Å². The van der Waals surface area contributed by atoms with Crippen LogP contribution in [0.1, 0.15) is 11.7 Å². The molecule has 0 saturated heterocycles. The topological polar surface area (TPSA) is 72.8 Å². The minimum atomic E-state index is -3.53. The molecule has 0 radical (unpaired) electrons. The summed E-state index contributed by atoms with van der Waals surface area (Å²) in [5, 5.41) is 9.66. The lowest BCUT2D eigenvalue weighted by Crippen LogP contribution is -2.11. The first-order valence-corrected chi connectivity index (χ1v) is 6.40. The van der Waals surface area contributed by atoms with Gasteiger partial charge in [-0.05, 0) is 17.7 Å². The fourth-order valence-electron chi connectivity index (χ4n) is 1.13. The molecule has 1 aromatic carbocycles. The highest BCUT2D eigenvalue weighted by Gasteiger charge is 2.12. The molecule has 1 rings (SSSR count). The molecule has 0 fully saturated rings.